The van der Waals surface area contributed by atoms with E-state index in [9.17, 15) is 10.1 Å². The van der Waals surface area contributed by atoms with Gasteiger partial charge in [0.05, 0.1) is 15.6 Å². The highest BCUT2D eigenvalue weighted by Crippen LogP contribution is 2.35. The largest absolute Gasteiger partial charge is 0.353 e. The molecule has 126 valence electrons. The lowest BCUT2D eigenvalue weighted by atomic mass is 10.3. The van der Waals surface area contributed by atoms with E-state index < -0.39 is 4.92 Å². The molecule has 0 aliphatic rings. The molecule has 0 atom stereocenters. The lowest BCUT2D eigenvalue weighted by Crippen LogP contribution is -2.05. The van der Waals surface area contributed by atoms with Crippen LogP contribution in [-0.2, 0) is 0 Å². The van der Waals surface area contributed by atoms with Gasteiger partial charge in [-0.1, -0.05) is 23.2 Å². The van der Waals surface area contributed by atoms with Crippen LogP contribution in [0.2, 0.25) is 10.0 Å². The molecule has 0 saturated carbocycles. The molecule has 0 fully saturated rings. The van der Waals surface area contributed by atoms with Gasteiger partial charge >= 0.3 is 5.69 Å². The molecule has 3 rings (SSSR count). The Kier molecular flexibility index (Phi) is 4.92. The SMILES string of the molecule is O=[N+]([O-])c1c(Nc2ccncc2)ncnc1Nc1ccc(Cl)cc1Cl. The zero-order valence-electron chi connectivity index (χ0n) is 12.5. The van der Waals surface area contributed by atoms with Crippen LogP contribution >= 0.6 is 23.2 Å². The molecule has 25 heavy (non-hydrogen) atoms. The van der Waals surface area contributed by atoms with Crippen LogP contribution < -0.4 is 10.6 Å². The fourth-order valence-corrected chi connectivity index (χ4v) is 2.48. The third kappa shape index (κ3) is 3.93. The molecule has 3 aromatic rings. The molecule has 10 heteroatoms. The third-order valence-electron chi connectivity index (χ3n) is 3.13. The maximum Gasteiger partial charge on any atom is 0.353 e. The molecule has 8 nitrogen and oxygen atoms in total. The number of anilines is 4. The van der Waals surface area contributed by atoms with Crippen LogP contribution in [0.3, 0.4) is 0 Å². The summed E-state index contributed by atoms with van der Waals surface area (Å²) in [5.74, 6) is 0.0413. The first-order chi connectivity index (χ1) is 12.0. The molecular formula is C15H10Cl2N6O2. The lowest BCUT2D eigenvalue weighted by molar-refractivity contribution is -0.383. The first-order valence-electron chi connectivity index (χ1n) is 6.93. The van der Waals surface area contributed by atoms with E-state index in [1.807, 2.05) is 0 Å². The van der Waals surface area contributed by atoms with Crippen LogP contribution in [0.25, 0.3) is 0 Å². The molecule has 2 heterocycles. The van der Waals surface area contributed by atoms with Gasteiger partial charge in [-0.05, 0) is 30.3 Å². The summed E-state index contributed by atoms with van der Waals surface area (Å²) in [5, 5.41) is 18.0. The molecule has 1 aromatic carbocycles. The zero-order valence-corrected chi connectivity index (χ0v) is 14.0. The van der Waals surface area contributed by atoms with Gasteiger partial charge in [-0.3, -0.25) is 15.1 Å². The summed E-state index contributed by atoms with van der Waals surface area (Å²) in [4.78, 5) is 22.8. The summed E-state index contributed by atoms with van der Waals surface area (Å²) >= 11 is 12.0. The van der Waals surface area contributed by atoms with Crippen molar-refractivity contribution in [1.82, 2.24) is 15.0 Å². The second-order valence-electron chi connectivity index (χ2n) is 4.79. The molecule has 0 amide bonds. The minimum atomic E-state index is -0.574. The maximum atomic E-state index is 11.5. The quantitative estimate of drug-likeness (QED) is 0.495. The van der Waals surface area contributed by atoms with E-state index in [1.165, 1.54) is 12.4 Å². The number of hydrogen-bond acceptors (Lipinski definition) is 7. The lowest BCUT2D eigenvalue weighted by Gasteiger charge is -2.11. The van der Waals surface area contributed by atoms with Crippen molar-refractivity contribution in [3.8, 4) is 0 Å². The van der Waals surface area contributed by atoms with Gasteiger partial charge in [0.25, 0.3) is 0 Å². The number of hydrogen-bond donors (Lipinski definition) is 2. The highest BCUT2D eigenvalue weighted by molar-refractivity contribution is 6.36. The predicted octanol–water partition coefficient (Wildman–Crippen LogP) is 4.57. The van der Waals surface area contributed by atoms with Crippen molar-refractivity contribution in [1.29, 1.82) is 0 Å². The van der Waals surface area contributed by atoms with Crippen LogP contribution in [0, 0.1) is 10.1 Å². The van der Waals surface area contributed by atoms with Crippen LogP contribution in [-0.4, -0.2) is 19.9 Å². The van der Waals surface area contributed by atoms with E-state index in [1.54, 1.807) is 36.7 Å². The number of nitrogens with one attached hydrogen (secondary N) is 2. The summed E-state index contributed by atoms with van der Waals surface area (Å²) in [6.45, 7) is 0. The van der Waals surface area contributed by atoms with Gasteiger partial charge in [-0.15, -0.1) is 0 Å². The Balaban J connectivity index is 1.99. The van der Waals surface area contributed by atoms with E-state index in [0.717, 1.165) is 0 Å². The number of nitro groups is 1. The molecule has 0 aliphatic carbocycles. The Morgan fingerprint density at radius 1 is 1.00 bits per heavy atom. The summed E-state index contributed by atoms with van der Waals surface area (Å²) in [7, 11) is 0. The van der Waals surface area contributed by atoms with Gasteiger partial charge in [0.1, 0.15) is 6.33 Å². The van der Waals surface area contributed by atoms with E-state index in [4.69, 9.17) is 23.2 Å². The first-order valence-corrected chi connectivity index (χ1v) is 7.68. The second kappa shape index (κ2) is 7.29. The van der Waals surface area contributed by atoms with Crippen LogP contribution in [0.1, 0.15) is 0 Å². The Bertz CT molecular complexity index is 923. The zero-order chi connectivity index (χ0) is 17.8. The predicted molar refractivity (Wildman–Crippen MR) is 96.0 cm³/mol. The van der Waals surface area contributed by atoms with Gasteiger partial charge < -0.3 is 10.6 Å². The van der Waals surface area contributed by atoms with E-state index in [2.05, 4.69) is 25.6 Å². The molecule has 0 bridgehead atoms. The van der Waals surface area contributed by atoms with Gasteiger partial charge in [0, 0.05) is 23.1 Å². The minimum absolute atomic E-state index is 0.000721. The Labute approximate surface area is 152 Å². The van der Waals surface area contributed by atoms with Crippen molar-refractivity contribution in [2.45, 2.75) is 0 Å². The normalized spacial score (nSPS) is 10.3. The molecule has 0 spiro atoms. The summed E-state index contributed by atoms with van der Waals surface area (Å²) in [6, 6.07) is 8.06. The van der Waals surface area contributed by atoms with E-state index in [0.29, 0.717) is 21.4 Å². The Morgan fingerprint density at radius 2 is 1.68 bits per heavy atom. The Morgan fingerprint density at radius 3 is 2.32 bits per heavy atom. The molecule has 0 unspecified atom stereocenters. The molecule has 0 aliphatic heterocycles. The summed E-state index contributed by atoms with van der Waals surface area (Å²) < 4.78 is 0. The number of nitrogens with zero attached hydrogens (tertiary/aromatic N) is 4. The van der Waals surface area contributed by atoms with Crippen molar-refractivity contribution in [3.05, 3.63) is 69.2 Å². The smallest absolute Gasteiger partial charge is 0.334 e. The topological polar surface area (TPSA) is 106 Å². The average molecular weight is 377 g/mol. The van der Waals surface area contributed by atoms with Crippen molar-refractivity contribution < 1.29 is 4.92 Å². The van der Waals surface area contributed by atoms with Gasteiger partial charge in [-0.25, -0.2) is 9.97 Å². The van der Waals surface area contributed by atoms with Crippen molar-refractivity contribution in [3.63, 3.8) is 0 Å². The molecule has 0 radical (unpaired) electrons. The van der Waals surface area contributed by atoms with Gasteiger partial charge in [0.2, 0.25) is 11.6 Å². The molecule has 0 saturated heterocycles. The molecular weight excluding hydrogens is 367 g/mol. The minimum Gasteiger partial charge on any atom is -0.334 e. The summed E-state index contributed by atoms with van der Waals surface area (Å²) in [5.41, 5.74) is 0.723. The number of aromatic nitrogens is 3. The van der Waals surface area contributed by atoms with Gasteiger partial charge in [0.15, 0.2) is 0 Å². The first kappa shape index (κ1) is 16.9. The van der Waals surface area contributed by atoms with Crippen LogP contribution in [0.15, 0.2) is 49.1 Å². The van der Waals surface area contributed by atoms with E-state index >= 15 is 0 Å². The van der Waals surface area contributed by atoms with Crippen LogP contribution in [0.4, 0.5) is 28.7 Å². The van der Waals surface area contributed by atoms with Crippen LogP contribution in [0.5, 0.6) is 0 Å². The third-order valence-corrected chi connectivity index (χ3v) is 3.68. The van der Waals surface area contributed by atoms with Crippen molar-refractivity contribution >= 4 is 51.9 Å². The molecule has 2 aromatic heterocycles. The van der Waals surface area contributed by atoms with Crippen molar-refractivity contribution in [2.24, 2.45) is 0 Å². The highest BCUT2D eigenvalue weighted by Gasteiger charge is 2.23. The Hall–Kier alpha value is -2.97. The van der Waals surface area contributed by atoms with E-state index in [-0.39, 0.29) is 17.3 Å². The fourth-order valence-electron chi connectivity index (χ4n) is 2.03. The fraction of sp³-hybridized carbons (Fsp3) is 0. The molecule has 2 N–H and O–H groups in total. The number of rotatable bonds is 5. The monoisotopic (exact) mass is 376 g/mol. The average Bonchev–Trinajstić information content (AvgIpc) is 2.58. The number of benzene rings is 1. The van der Waals surface area contributed by atoms with Gasteiger partial charge in [-0.2, -0.15) is 0 Å². The number of pyridine rings is 1. The number of halogens is 2. The standard InChI is InChI=1S/C15H10Cl2N6O2/c16-9-1-2-12(11(17)7-9)22-15-13(23(24)25)14(19-8-20-15)21-10-3-5-18-6-4-10/h1-8H,(H2,18,19,20,21,22). The summed E-state index contributed by atoms with van der Waals surface area (Å²) in [6.07, 6.45) is 4.33. The maximum absolute atomic E-state index is 11.5. The van der Waals surface area contributed by atoms with Crippen molar-refractivity contribution in [2.75, 3.05) is 10.6 Å². The highest BCUT2D eigenvalue weighted by atomic mass is 35.5. The second-order valence-corrected chi connectivity index (χ2v) is 5.63.